The molecule has 5 rings (SSSR count). The highest BCUT2D eigenvalue weighted by molar-refractivity contribution is 5.87. The molecule has 0 unspecified atom stereocenters. The Balaban J connectivity index is 1.87. The van der Waals surface area contributed by atoms with Crippen LogP contribution in [-0.4, -0.2) is 50.1 Å². The zero-order valence-electron chi connectivity index (χ0n) is 22.2. The second-order valence-corrected chi connectivity index (χ2v) is 8.57. The fourth-order valence-corrected chi connectivity index (χ4v) is 4.69. The summed E-state index contributed by atoms with van der Waals surface area (Å²) in [6.07, 6.45) is 0. The Bertz CT molecular complexity index is 1590. The lowest BCUT2D eigenvalue weighted by Gasteiger charge is -2.19. The Kier molecular flexibility index (Phi) is 6.79. The molecule has 0 spiro atoms. The van der Waals surface area contributed by atoms with Gasteiger partial charge in [-0.25, -0.2) is 9.50 Å². The predicted molar refractivity (Wildman–Crippen MR) is 147 cm³/mol. The van der Waals surface area contributed by atoms with Crippen LogP contribution in [0.3, 0.4) is 0 Å². The van der Waals surface area contributed by atoms with E-state index in [0.29, 0.717) is 34.4 Å². The van der Waals surface area contributed by atoms with Gasteiger partial charge >= 0.3 is 0 Å². The van der Waals surface area contributed by atoms with Gasteiger partial charge in [-0.05, 0) is 36.8 Å². The van der Waals surface area contributed by atoms with Gasteiger partial charge in [-0.2, -0.15) is 5.10 Å². The van der Waals surface area contributed by atoms with E-state index in [4.69, 9.17) is 33.8 Å². The van der Waals surface area contributed by atoms with Gasteiger partial charge in [0.15, 0.2) is 28.6 Å². The van der Waals surface area contributed by atoms with E-state index >= 15 is 0 Å². The van der Waals surface area contributed by atoms with Crippen molar-refractivity contribution in [2.45, 2.75) is 6.92 Å². The van der Waals surface area contributed by atoms with Crippen LogP contribution < -0.4 is 23.7 Å². The molecule has 0 atom stereocenters. The highest BCUT2D eigenvalue weighted by Gasteiger charge is 2.23. The van der Waals surface area contributed by atoms with Gasteiger partial charge in [-0.1, -0.05) is 36.4 Å². The number of hydrogen-bond acceptors (Lipinski definition) is 7. The minimum absolute atomic E-state index is 0.513. The van der Waals surface area contributed by atoms with Gasteiger partial charge in [0.1, 0.15) is 0 Å². The van der Waals surface area contributed by atoms with E-state index in [1.807, 2.05) is 78.2 Å². The molecular formula is C30H29N3O5. The van der Waals surface area contributed by atoms with E-state index in [0.717, 1.165) is 39.3 Å². The summed E-state index contributed by atoms with van der Waals surface area (Å²) < 4.78 is 29.9. The van der Waals surface area contributed by atoms with Gasteiger partial charge in [0.05, 0.1) is 46.9 Å². The number of fused-ring (bicyclic) bond motifs is 1. The standard InChI is InChI=1S/C30H29N3O5/c1-18-28(20-12-13-23(34-2)24(14-20)35-3)29(21-15-25(36-4)30(38-6)26(16-21)37-5)33-27(31-18)17-22(32-33)19-10-8-7-9-11-19/h7-17H,1-6H3. The Morgan fingerprint density at radius 1 is 0.605 bits per heavy atom. The molecule has 8 nitrogen and oxygen atoms in total. The maximum Gasteiger partial charge on any atom is 0.203 e. The fourth-order valence-electron chi connectivity index (χ4n) is 4.69. The molecule has 0 aliphatic carbocycles. The first kappa shape index (κ1) is 25.0. The van der Waals surface area contributed by atoms with Crippen molar-refractivity contribution in [1.82, 2.24) is 14.6 Å². The van der Waals surface area contributed by atoms with E-state index in [-0.39, 0.29) is 0 Å². The van der Waals surface area contributed by atoms with Crippen molar-refractivity contribution < 1.29 is 23.7 Å². The van der Waals surface area contributed by atoms with E-state index in [1.165, 1.54) is 0 Å². The first-order chi connectivity index (χ1) is 18.5. The summed E-state index contributed by atoms with van der Waals surface area (Å²) in [6.45, 7) is 1.99. The van der Waals surface area contributed by atoms with Gasteiger partial charge in [0.25, 0.3) is 0 Å². The van der Waals surface area contributed by atoms with Crippen LogP contribution in [-0.2, 0) is 0 Å². The number of aromatic nitrogens is 3. The van der Waals surface area contributed by atoms with Gasteiger partial charge in [-0.3, -0.25) is 0 Å². The van der Waals surface area contributed by atoms with Crippen molar-refractivity contribution in [2.75, 3.05) is 35.5 Å². The van der Waals surface area contributed by atoms with Crippen LogP contribution in [0.25, 0.3) is 39.3 Å². The van der Waals surface area contributed by atoms with E-state index in [1.54, 1.807) is 35.5 Å². The molecule has 0 radical (unpaired) electrons. The lowest BCUT2D eigenvalue weighted by Crippen LogP contribution is -2.04. The molecule has 8 heteroatoms. The highest BCUT2D eigenvalue weighted by Crippen LogP contribution is 2.45. The SMILES string of the molecule is COc1ccc(-c2c(C)nc3cc(-c4ccccc4)nn3c2-c2cc(OC)c(OC)c(OC)c2)cc1OC. The monoisotopic (exact) mass is 511 g/mol. The molecule has 0 saturated carbocycles. The Hall–Kier alpha value is -4.72. The third-order valence-electron chi connectivity index (χ3n) is 6.46. The molecule has 5 aromatic rings. The summed E-state index contributed by atoms with van der Waals surface area (Å²) in [5, 5.41) is 5.00. The second-order valence-electron chi connectivity index (χ2n) is 8.57. The summed E-state index contributed by atoms with van der Waals surface area (Å²) in [6, 6.07) is 21.7. The Morgan fingerprint density at radius 2 is 1.24 bits per heavy atom. The van der Waals surface area contributed by atoms with Crippen LogP contribution >= 0.6 is 0 Å². The molecule has 38 heavy (non-hydrogen) atoms. The lowest BCUT2D eigenvalue weighted by atomic mass is 9.96. The normalized spacial score (nSPS) is 10.9. The molecule has 0 saturated heterocycles. The molecule has 0 aliphatic heterocycles. The number of nitrogens with zero attached hydrogens (tertiary/aromatic N) is 3. The van der Waals surface area contributed by atoms with Gasteiger partial charge in [0, 0.05) is 28.5 Å². The number of benzene rings is 3. The smallest absolute Gasteiger partial charge is 0.203 e. The van der Waals surface area contributed by atoms with Gasteiger partial charge in [0.2, 0.25) is 5.75 Å². The largest absolute Gasteiger partial charge is 0.493 e. The fraction of sp³-hybridized carbons (Fsp3) is 0.200. The molecular weight excluding hydrogens is 482 g/mol. The number of hydrogen-bond donors (Lipinski definition) is 0. The second kappa shape index (κ2) is 10.3. The molecule has 0 aliphatic rings. The van der Waals surface area contributed by atoms with E-state index in [9.17, 15) is 0 Å². The van der Waals surface area contributed by atoms with E-state index in [2.05, 4.69) is 0 Å². The summed E-state index contributed by atoms with van der Waals surface area (Å²) in [7, 11) is 8.03. The average molecular weight is 512 g/mol. The Morgan fingerprint density at radius 3 is 1.84 bits per heavy atom. The maximum absolute atomic E-state index is 5.68. The van der Waals surface area contributed by atoms with Gasteiger partial charge in [-0.15, -0.1) is 0 Å². The molecule has 0 N–H and O–H groups in total. The molecule has 0 fully saturated rings. The summed E-state index contributed by atoms with van der Waals surface area (Å²) in [4.78, 5) is 4.94. The third-order valence-corrected chi connectivity index (χ3v) is 6.46. The van der Waals surface area contributed by atoms with Crippen LogP contribution in [0.2, 0.25) is 0 Å². The molecule has 2 heterocycles. The minimum Gasteiger partial charge on any atom is -0.493 e. The molecule has 2 aromatic heterocycles. The van der Waals surface area contributed by atoms with Crippen molar-refractivity contribution in [2.24, 2.45) is 0 Å². The van der Waals surface area contributed by atoms with Crippen LogP contribution in [0, 0.1) is 6.92 Å². The first-order valence-electron chi connectivity index (χ1n) is 12.0. The van der Waals surface area contributed by atoms with Crippen LogP contribution in [0.1, 0.15) is 5.69 Å². The van der Waals surface area contributed by atoms with Crippen molar-refractivity contribution in [1.29, 1.82) is 0 Å². The van der Waals surface area contributed by atoms with Crippen LogP contribution in [0.15, 0.2) is 66.7 Å². The molecule has 194 valence electrons. The van der Waals surface area contributed by atoms with Crippen molar-refractivity contribution >= 4 is 5.65 Å². The lowest BCUT2D eigenvalue weighted by molar-refractivity contribution is 0.324. The number of methoxy groups -OCH3 is 5. The summed E-state index contributed by atoms with van der Waals surface area (Å²) in [5.41, 5.74) is 6.78. The number of ether oxygens (including phenoxy) is 5. The summed E-state index contributed by atoms with van der Waals surface area (Å²) >= 11 is 0. The third kappa shape index (κ3) is 4.24. The van der Waals surface area contributed by atoms with Crippen molar-refractivity contribution in [3.8, 4) is 62.4 Å². The zero-order chi connectivity index (χ0) is 26.8. The number of rotatable bonds is 8. The quantitative estimate of drug-likeness (QED) is 0.250. The van der Waals surface area contributed by atoms with Crippen LogP contribution in [0.4, 0.5) is 0 Å². The predicted octanol–water partition coefficient (Wildman–Crippen LogP) is 6.08. The van der Waals surface area contributed by atoms with Crippen molar-refractivity contribution in [3.63, 3.8) is 0 Å². The molecule has 0 amide bonds. The highest BCUT2D eigenvalue weighted by atomic mass is 16.5. The van der Waals surface area contributed by atoms with Crippen LogP contribution in [0.5, 0.6) is 28.7 Å². The van der Waals surface area contributed by atoms with Gasteiger partial charge < -0.3 is 23.7 Å². The maximum atomic E-state index is 5.68. The zero-order valence-corrected chi connectivity index (χ0v) is 22.2. The Labute approximate surface area is 221 Å². The van der Waals surface area contributed by atoms with E-state index < -0.39 is 0 Å². The van der Waals surface area contributed by atoms with Crippen molar-refractivity contribution in [3.05, 3.63) is 72.4 Å². The first-order valence-corrected chi connectivity index (χ1v) is 12.0. The minimum atomic E-state index is 0.513. The summed E-state index contributed by atoms with van der Waals surface area (Å²) in [5.74, 6) is 2.85. The average Bonchev–Trinajstić information content (AvgIpc) is 3.39. The number of aryl methyl sites for hydroxylation is 1. The molecule has 3 aromatic carbocycles. The topological polar surface area (TPSA) is 76.3 Å². The molecule has 0 bridgehead atoms.